The summed E-state index contributed by atoms with van der Waals surface area (Å²) in [6.45, 7) is 5.80. The van der Waals surface area contributed by atoms with Crippen molar-refractivity contribution < 1.29 is 39.2 Å². The molecule has 0 radical (unpaired) electrons. The fraction of sp³-hybridized carbons (Fsp3) is 0.444. The Labute approximate surface area is 284 Å². The van der Waals surface area contributed by atoms with Crippen LogP contribution in [0.2, 0.25) is 0 Å². The molecule has 12 heteroatoms. The number of hydrogen-bond acceptors (Lipinski definition) is 10. The summed E-state index contributed by atoms with van der Waals surface area (Å²) in [4.78, 5) is 48.0. The molecule has 0 heterocycles. The van der Waals surface area contributed by atoms with Crippen LogP contribution in [-0.2, 0) is 14.3 Å². The third-order valence-corrected chi connectivity index (χ3v) is 6.19. The van der Waals surface area contributed by atoms with Gasteiger partial charge in [0.2, 0.25) is 0 Å². The van der Waals surface area contributed by atoms with Crippen LogP contribution >= 0.6 is 0 Å². The second kappa shape index (κ2) is 22.1. The van der Waals surface area contributed by atoms with E-state index in [1.165, 1.54) is 7.11 Å². The molecule has 12 nitrogen and oxygen atoms in total. The molecule has 0 aromatic heterocycles. The van der Waals surface area contributed by atoms with Gasteiger partial charge in [-0.3, -0.25) is 14.4 Å². The molecule has 2 aromatic carbocycles. The highest BCUT2D eigenvalue weighted by Crippen LogP contribution is 2.11. The molecule has 0 aliphatic heterocycles. The average Bonchev–Trinajstić information content (AvgIpc) is 3.01. The molecule has 0 unspecified atom stereocenters. The van der Waals surface area contributed by atoms with E-state index in [9.17, 15) is 19.2 Å². The van der Waals surface area contributed by atoms with E-state index in [0.717, 1.165) is 11.1 Å². The number of aliphatic hydroxyl groups is 3. The minimum absolute atomic E-state index is 0. The molecule has 0 bridgehead atoms. The van der Waals surface area contributed by atoms with Gasteiger partial charge < -0.3 is 42.2 Å². The molecule has 0 aliphatic rings. The number of esters is 1. The normalized spacial score (nSPS) is 11.5. The van der Waals surface area contributed by atoms with Gasteiger partial charge >= 0.3 is 5.97 Å². The van der Waals surface area contributed by atoms with Gasteiger partial charge in [0.1, 0.15) is 18.7 Å². The molecule has 2 amide bonds. The molecule has 0 aliphatic carbocycles. The molecule has 0 saturated heterocycles. The lowest BCUT2D eigenvalue weighted by Crippen LogP contribution is -2.59. The number of benzene rings is 2. The highest BCUT2D eigenvalue weighted by molar-refractivity contribution is 5.99. The molecule has 0 fully saturated rings. The Balaban J connectivity index is 0. The number of aliphatic hydroxyl groups excluding tert-OH is 3. The van der Waals surface area contributed by atoms with E-state index in [1.807, 2.05) is 0 Å². The van der Waals surface area contributed by atoms with E-state index in [-0.39, 0.29) is 28.1 Å². The number of nitrogens with one attached hydrogen (secondary N) is 2. The van der Waals surface area contributed by atoms with Gasteiger partial charge in [0.05, 0.1) is 20.3 Å². The van der Waals surface area contributed by atoms with Crippen molar-refractivity contribution in [2.24, 2.45) is 11.5 Å². The van der Waals surface area contributed by atoms with Crippen LogP contribution in [0.4, 0.5) is 0 Å². The monoisotopic (exact) mass is 668 g/mol. The molecular weight excluding hydrogens is 616 g/mol. The fourth-order valence-electron chi connectivity index (χ4n) is 3.72. The highest BCUT2D eigenvalue weighted by Gasteiger charge is 2.35. The molecule has 9 N–H and O–H groups in total. The molecule has 264 valence electrons. The highest BCUT2D eigenvalue weighted by atomic mass is 16.5. The van der Waals surface area contributed by atoms with Crippen molar-refractivity contribution in [3.05, 3.63) is 70.8 Å². The summed E-state index contributed by atoms with van der Waals surface area (Å²) in [5, 5.41) is 31.5. The smallest absolute Gasteiger partial charge is 0.330 e. The van der Waals surface area contributed by atoms with Gasteiger partial charge in [-0.25, -0.2) is 4.79 Å². The lowest BCUT2D eigenvalue weighted by Gasteiger charge is -2.29. The van der Waals surface area contributed by atoms with Crippen LogP contribution in [0.25, 0.3) is 0 Å². The number of ketones is 1. The molecular formula is C36H52N4O8. The number of Topliss-reactive ketones (excluding diaryl/α,β-unsaturated/α-hetero) is 1. The van der Waals surface area contributed by atoms with Gasteiger partial charge in [-0.05, 0) is 76.2 Å². The lowest BCUT2D eigenvalue weighted by atomic mass is 9.92. The number of carbonyl (C=O) groups excluding carboxylic acids is 4. The maximum Gasteiger partial charge on any atom is 0.330 e. The number of nitrogens with two attached hydrogens (primary N) is 2. The third-order valence-electron chi connectivity index (χ3n) is 6.19. The van der Waals surface area contributed by atoms with Crippen LogP contribution in [-0.4, -0.2) is 89.0 Å². The van der Waals surface area contributed by atoms with Crippen molar-refractivity contribution in [2.45, 2.75) is 78.6 Å². The first-order valence-electron chi connectivity index (χ1n) is 14.4. The van der Waals surface area contributed by atoms with Crippen LogP contribution < -0.4 is 22.1 Å². The fourth-order valence-corrected chi connectivity index (χ4v) is 3.72. The number of methoxy groups -OCH3 is 1. The van der Waals surface area contributed by atoms with E-state index in [1.54, 1.807) is 76.2 Å². The molecule has 2 atom stereocenters. The molecule has 2 rings (SSSR count). The summed E-state index contributed by atoms with van der Waals surface area (Å²) in [5.41, 5.74) is 12.1. The Morgan fingerprint density at radius 1 is 0.708 bits per heavy atom. The summed E-state index contributed by atoms with van der Waals surface area (Å²) in [6, 6.07) is 11.2. The predicted octanol–water partition coefficient (Wildman–Crippen LogP) is 1.52. The summed E-state index contributed by atoms with van der Waals surface area (Å²) >= 11 is 0. The van der Waals surface area contributed by atoms with Gasteiger partial charge in [0, 0.05) is 46.2 Å². The average molecular weight is 669 g/mol. The Hall–Kier alpha value is -4.56. The first-order valence-corrected chi connectivity index (χ1v) is 14.4. The number of hydrogen-bond donors (Lipinski definition) is 7. The molecule has 0 saturated carbocycles. The maximum absolute atomic E-state index is 12.3. The van der Waals surface area contributed by atoms with Crippen LogP contribution in [0.1, 0.15) is 87.2 Å². The largest absolute Gasteiger partial charge is 0.467 e. The van der Waals surface area contributed by atoms with Crippen molar-refractivity contribution in [1.82, 2.24) is 10.6 Å². The van der Waals surface area contributed by atoms with Gasteiger partial charge in [-0.1, -0.05) is 38.5 Å². The second-order valence-electron chi connectivity index (χ2n) is 11.3. The lowest BCUT2D eigenvalue weighted by molar-refractivity contribution is -0.144. The quantitative estimate of drug-likeness (QED) is 0.135. The molecule has 48 heavy (non-hydrogen) atoms. The van der Waals surface area contributed by atoms with Gasteiger partial charge in [0.15, 0.2) is 5.78 Å². The SMILES string of the molecule is C.C.CC(C)(N)[C@H](NC(=O)c1ccc(C#CCCO)cc1)C(=O)CO.COC(=O)[C@@H](NC(=O)c1ccc(C#CCCO)cc1)C(C)(C)N. The number of carbonyl (C=O) groups is 4. The third kappa shape index (κ3) is 15.8. The topological polar surface area (TPSA) is 214 Å². The Morgan fingerprint density at radius 3 is 1.35 bits per heavy atom. The zero-order chi connectivity index (χ0) is 34.9. The summed E-state index contributed by atoms with van der Waals surface area (Å²) < 4.78 is 4.68. The van der Waals surface area contributed by atoms with Gasteiger partial charge in [0.25, 0.3) is 11.8 Å². The Morgan fingerprint density at radius 2 is 1.06 bits per heavy atom. The van der Waals surface area contributed by atoms with Crippen molar-refractivity contribution in [2.75, 3.05) is 26.9 Å². The first kappa shape index (κ1) is 45.6. The van der Waals surface area contributed by atoms with E-state index in [4.69, 9.17) is 26.8 Å². The second-order valence-corrected chi connectivity index (χ2v) is 11.3. The van der Waals surface area contributed by atoms with Gasteiger partial charge in [-0.15, -0.1) is 0 Å². The Kier molecular flexibility index (Phi) is 21.0. The van der Waals surface area contributed by atoms with Crippen LogP contribution in [0, 0.1) is 23.7 Å². The van der Waals surface area contributed by atoms with Gasteiger partial charge in [-0.2, -0.15) is 0 Å². The van der Waals surface area contributed by atoms with E-state index in [2.05, 4.69) is 39.1 Å². The van der Waals surface area contributed by atoms with Crippen LogP contribution in [0.3, 0.4) is 0 Å². The number of amides is 2. The van der Waals surface area contributed by atoms with Crippen molar-refractivity contribution >= 4 is 23.6 Å². The Bertz CT molecular complexity index is 1320. The molecule has 2 aromatic rings. The van der Waals surface area contributed by atoms with E-state index < -0.39 is 53.3 Å². The van der Waals surface area contributed by atoms with Crippen molar-refractivity contribution in [3.63, 3.8) is 0 Å². The summed E-state index contributed by atoms with van der Waals surface area (Å²) in [7, 11) is 1.24. The zero-order valence-electron chi connectivity index (χ0n) is 26.8. The van der Waals surface area contributed by atoms with Crippen molar-refractivity contribution in [3.8, 4) is 23.7 Å². The van der Waals surface area contributed by atoms with Crippen LogP contribution in [0.15, 0.2) is 48.5 Å². The number of ether oxygens (including phenoxy) is 1. The summed E-state index contributed by atoms with van der Waals surface area (Å²) in [5.74, 6) is 9.29. The zero-order valence-corrected chi connectivity index (χ0v) is 26.8. The molecule has 0 spiro atoms. The maximum atomic E-state index is 12.3. The summed E-state index contributed by atoms with van der Waals surface area (Å²) in [6.07, 6.45) is 0.785. The van der Waals surface area contributed by atoms with E-state index >= 15 is 0 Å². The van der Waals surface area contributed by atoms with Crippen molar-refractivity contribution in [1.29, 1.82) is 0 Å². The minimum atomic E-state index is -0.995. The first-order chi connectivity index (χ1) is 21.6. The van der Waals surface area contributed by atoms with Crippen LogP contribution in [0.5, 0.6) is 0 Å². The standard InChI is InChI=1S/2C17H22N2O4.2CH4/c1-17(2,18)14(16(22)23-3)19-15(21)13-9-7-12(8-10-13)6-4-5-11-20;1-17(2,18)15(14(22)11-21)19-16(23)13-8-6-12(7-9-13)5-3-4-10-20;;/h7-10,14,20H,5,11,18H2,1-3H3,(H,19,21);6-9,15,20-21H,4,10-11,18H2,1-2H3,(H,19,23);2*1H4/t14-;15-;;/m11../s1. The predicted molar refractivity (Wildman–Crippen MR) is 187 cm³/mol. The minimum Gasteiger partial charge on any atom is -0.467 e. The number of rotatable bonds is 11. The van der Waals surface area contributed by atoms with E-state index in [0.29, 0.717) is 24.0 Å².